The molecular weight excluding hydrogens is 264 g/mol. The fraction of sp³-hybridized carbons (Fsp3) is 0.833. The first-order valence-electron chi connectivity index (χ1n) is 8.73. The van der Waals surface area contributed by atoms with Gasteiger partial charge in [0.05, 0.1) is 6.10 Å². The van der Waals surface area contributed by atoms with Crippen LogP contribution in [0.5, 0.6) is 0 Å². The second-order valence-corrected chi connectivity index (χ2v) is 5.90. The van der Waals surface area contributed by atoms with Gasteiger partial charge in [-0.15, -0.1) is 0 Å². The van der Waals surface area contributed by atoms with Crippen LogP contribution in [0.3, 0.4) is 0 Å². The van der Waals surface area contributed by atoms with Crippen molar-refractivity contribution in [2.45, 2.75) is 96.5 Å². The van der Waals surface area contributed by atoms with Gasteiger partial charge in [0, 0.05) is 6.42 Å². The predicted molar refractivity (Wildman–Crippen MR) is 88.5 cm³/mol. The lowest BCUT2D eigenvalue weighted by Crippen LogP contribution is -2.01. The first-order chi connectivity index (χ1) is 10.2. The molecule has 0 saturated carbocycles. The third-order valence-electron chi connectivity index (χ3n) is 3.72. The van der Waals surface area contributed by atoms with E-state index >= 15 is 0 Å². The van der Waals surface area contributed by atoms with Crippen molar-refractivity contribution < 1.29 is 15.0 Å². The van der Waals surface area contributed by atoms with Gasteiger partial charge in [0.25, 0.3) is 0 Å². The summed E-state index contributed by atoms with van der Waals surface area (Å²) in [4.78, 5) is 10.3. The SMILES string of the molecule is CCCCCCC=CC(O)CCCCCCCCC(=O)O. The normalized spacial score (nSPS) is 12.9. The van der Waals surface area contributed by atoms with Gasteiger partial charge in [0.2, 0.25) is 0 Å². The van der Waals surface area contributed by atoms with E-state index in [1.807, 2.05) is 6.08 Å². The molecule has 1 unspecified atom stereocenters. The number of aliphatic hydroxyl groups is 1. The van der Waals surface area contributed by atoms with Crippen LogP contribution < -0.4 is 0 Å². The Hall–Kier alpha value is -0.830. The van der Waals surface area contributed by atoms with Gasteiger partial charge in [-0.05, 0) is 25.7 Å². The molecule has 0 fully saturated rings. The van der Waals surface area contributed by atoms with Gasteiger partial charge in [0.1, 0.15) is 0 Å². The maximum Gasteiger partial charge on any atom is 0.303 e. The second-order valence-electron chi connectivity index (χ2n) is 5.90. The van der Waals surface area contributed by atoms with Crippen LogP contribution in [0.1, 0.15) is 90.4 Å². The summed E-state index contributed by atoms with van der Waals surface area (Å²) in [5, 5.41) is 18.3. The number of aliphatic hydroxyl groups excluding tert-OH is 1. The molecule has 0 heterocycles. The van der Waals surface area contributed by atoms with Gasteiger partial charge in [0.15, 0.2) is 0 Å². The Kier molecular flexibility index (Phi) is 14.9. The molecule has 0 aliphatic rings. The monoisotopic (exact) mass is 298 g/mol. The Bertz CT molecular complexity index is 261. The summed E-state index contributed by atoms with van der Waals surface area (Å²) in [6, 6.07) is 0. The topological polar surface area (TPSA) is 57.5 Å². The summed E-state index contributed by atoms with van der Waals surface area (Å²) in [5.41, 5.74) is 0. The molecule has 124 valence electrons. The fourth-order valence-electron chi connectivity index (χ4n) is 2.38. The average molecular weight is 298 g/mol. The van der Waals surface area contributed by atoms with Crippen LogP contribution in [0.15, 0.2) is 12.2 Å². The van der Waals surface area contributed by atoms with E-state index in [0.717, 1.165) is 51.4 Å². The van der Waals surface area contributed by atoms with Crippen molar-refractivity contribution >= 4 is 5.97 Å². The van der Waals surface area contributed by atoms with Gasteiger partial charge in [-0.2, -0.15) is 0 Å². The highest BCUT2D eigenvalue weighted by molar-refractivity contribution is 5.66. The zero-order chi connectivity index (χ0) is 15.8. The largest absolute Gasteiger partial charge is 0.481 e. The minimum absolute atomic E-state index is 0.289. The van der Waals surface area contributed by atoms with E-state index in [9.17, 15) is 9.90 Å². The number of hydrogen-bond donors (Lipinski definition) is 2. The minimum Gasteiger partial charge on any atom is -0.481 e. The molecule has 2 N–H and O–H groups in total. The molecule has 0 saturated heterocycles. The van der Waals surface area contributed by atoms with Crippen LogP contribution in [-0.2, 0) is 4.79 Å². The van der Waals surface area contributed by atoms with E-state index in [4.69, 9.17) is 5.11 Å². The van der Waals surface area contributed by atoms with Crippen LogP contribution in [-0.4, -0.2) is 22.3 Å². The number of hydrogen-bond acceptors (Lipinski definition) is 2. The highest BCUT2D eigenvalue weighted by Gasteiger charge is 2.00. The van der Waals surface area contributed by atoms with Crippen LogP contribution in [0.25, 0.3) is 0 Å². The Morgan fingerprint density at radius 2 is 1.57 bits per heavy atom. The van der Waals surface area contributed by atoms with Crippen molar-refractivity contribution in [2.75, 3.05) is 0 Å². The molecule has 0 aliphatic carbocycles. The molecule has 0 aliphatic heterocycles. The van der Waals surface area contributed by atoms with Crippen molar-refractivity contribution in [1.82, 2.24) is 0 Å². The fourth-order valence-corrected chi connectivity index (χ4v) is 2.38. The number of allylic oxidation sites excluding steroid dienone is 1. The third kappa shape index (κ3) is 17.1. The van der Waals surface area contributed by atoms with E-state index in [1.54, 1.807) is 0 Å². The summed E-state index contributed by atoms with van der Waals surface area (Å²) in [6.07, 6.45) is 17.3. The predicted octanol–water partition coefficient (Wildman–Crippen LogP) is 5.08. The summed E-state index contributed by atoms with van der Waals surface area (Å²) >= 11 is 0. The lowest BCUT2D eigenvalue weighted by molar-refractivity contribution is -0.137. The molecule has 1 atom stereocenters. The summed E-state index contributed by atoms with van der Waals surface area (Å²) in [6.45, 7) is 2.21. The molecule has 0 spiro atoms. The van der Waals surface area contributed by atoms with Gasteiger partial charge in [-0.25, -0.2) is 0 Å². The molecular formula is C18H34O3. The van der Waals surface area contributed by atoms with Gasteiger partial charge in [-0.3, -0.25) is 4.79 Å². The molecule has 0 radical (unpaired) electrons. The van der Waals surface area contributed by atoms with Crippen LogP contribution in [0.2, 0.25) is 0 Å². The third-order valence-corrected chi connectivity index (χ3v) is 3.72. The lowest BCUT2D eigenvalue weighted by Gasteiger charge is -2.05. The summed E-state index contributed by atoms with van der Waals surface area (Å²) in [5.74, 6) is -0.695. The van der Waals surface area contributed by atoms with E-state index in [1.165, 1.54) is 25.7 Å². The van der Waals surface area contributed by atoms with Crippen molar-refractivity contribution in [3.63, 3.8) is 0 Å². The van der Waals surface area contributed by atoms with Crippen molar-refractivity contribution in [2.24, 2.45) is 0 Å². The van der Waals surface area contributed by atoms with Crippen molar-refractivity contribution in [3.05, 3.63) is 12.2 Å². The number of aliphatic carboxylic acids is 1. The summed E-state index contributed by atoms with van der Waals surface area (Å²) < 4.78 is 0. The molecule has 0 aromatic rings. The quantitative estimate of drug-likeness (QED) is 0.327. The average Bonchev–Trinajstić information content (AvgIpc) is 2.45. The number of carboxylic acids is 1. The highest BCUT2D eigenvalue weighted by atomic mass is 16.4. The molecule has 0 aromatic heterocycles. The Balaban J connectivity index is 3.27. The van der Waals surface area contributed by atoms with Crippen LogP contribution >= 0.6 is 0 Å². The number of rotatable bonds is 15. The van der Waals surface area contributed by atoms with E-state index in [0.29, 0.717) is 6.42 Å². The Morgan fingerprint density at radius 3 is 2.24 bits per heavy atom. The zero-order valence-corrected chi connectivity index (χ0v) is 13.7. The minimum atomic E-state index is -0.695. The molecule has 3 nitrogen and oxygen atoms in total. The standard InChI is InChI=1S/C18H34O3/c1-2-3-4-5-8-11-14-17(19)15-12-9-6-7-10-13-16-18(20)21/h11,14,17,19H,2-10,12-13,15-16H2,1H3,(H,20,21). The first kappa shape index (κ1) is 20.2. The smallest absolute Gasteiger partial charge is 0.303 e. The molecule has 0 aromatic carbocycles. The number of carbonyl (C=O) groups is 1. The van der Waals surface area contributed by atoms with Crippen LogP contribution in [0.4, 0.5) is 0 Å². The molecule has 0 rings (SSSR count). The van der Waals surface area contributed by atoms with Crippen molar-refractivity contribution in [1.29, 1.82) is 0 Å². The molecule has 0 bridgehead atoms. The Labute approximate surface area is 130 Å². The van der Waals surface area contributed by atoms with Gasteiger partial charge < -0.3 is 10.2 Å². The maximum atomic E-state index is 10.3. The number of unbranched alkanes of at least 4 members (excludes halogenated alkanes) is 9. The van der Waals surface area contributed by atoms with E-state index < -0.39 is 5.97 Å². The maximum absolute atomic E-state index is 10.3. The number of carboxylic acid groups (broad SMARTS) is 1. The van der Waals surface area contributed by atoms with E-state index in [-0.39, 0.29) is 6.10 Å². The Morgan fingerprint density at radius 1 is 0.952 bits per heavy atom. The van der Waals surface area contributed by atoms with Crippen molar-refractivity contribution in [3.8, 4) is 0 Å². The first-order valence-corrected chi connectivity index (χ1v) is 8.73. The molecule has 3 heteroatoms. The summed E-state index contributed by atoms with van der Waals surface area (Å²) in [7, 11) is 0. The van der Waals surface area contributed by atoms with Crippen LogP contribution in [0, 0.1) is 0 Å². The highest BCUT2D eigenvalue weighted by Crippen LogP contribution is 2.11. The molecule has 0 amide bonds. The molecule has 21 heavy (non-hydrogen) atoms. The lowest BCUT2D eigenvalue weighted by atomic mass is 10.1. The van der Waals surface area contributed by atoms with Gasteiger partial charge >= 0.3 is 5.97 Å². The van der Waals surface area contributed by atoms with Gasteiger partial charge in [-0.1, -0.05) is 70.4 Å². The zero-order valence-electron chi connectivity index (χ0n) is 13.7. The van der Waals surface area contributed by atoms with E-state index in [2.05, 4.69) is 13.0 Å². The second kappa shape index (κ2) is 15.6.